The van der Waals surface area contributed by atoms with E-state index in [1.165, 1.54) is 6.92 Å². The van der Waals surface area contributed by atoms with Gasteiger partial charge in [-0.3, -0.25) is 0 Å². The van der Waals surface area contributed by atoms with Crippen LogP contribution in [-0.4, -0.2) is 68.0 Å². The SMILES string of the molecule is CC(=O)OC[C@H]1O[C@@H](n2c(=O)[nH]c(=O)c3sc(=[Se])sc32)[C@H](OC(C)=O)[C@@H]1OC(C)=O. The van der Waals surface area contributed by atoms with E-state index in [1.807, 2.05) is 0 Å². The number of nitrogens with one attached hydrogen (secondary N) is 1. The van der Waals surface area contributed by atoms with Gasteiger partial charge in [0.2, 0.25) is 0 Å². The van der Waals surface area contributed by atoms with Crippen molar-refractivity contribution in [3.8, 4) is 0 Å². The molecular formula is C16H16N2O9S2Se. The molecule has 0 amide bonds. The Bertz CT molecular complexity index is 1180. The molecule has 1 N–H and O–H groups in total. The summed E-state index contributed by atoms with van der Waals surface area (Å²) in [6.45, 7) is 3.20. The van der Waals surface area contributed by atoms with Crippen molar-refractivity contribution in [2.75, 3.05) is 6.61 Å². The van der Waals surface area contributed by atoms with E-state index in [4.69, 9.17) is 18.9 Å². The first-order valence-electron chi connectivity index (χ1n) is 8.50. The fraction of sp³-hybridized carbons (Fsp3) is 0.500. The summed E-state index contributed by atoms with van der Waals surface area (Å²) in [6, 6.07) is 0. The fourth-order valence-corrected chi connectivity index (χ4v) is 6.06. The fourth-order valence-electron chi connectivity index (χ4n) is 3.01. The van der Waals surface area contributed by atoms with Crippen LogP contribution in [0.5, 0.6) is 0 Å². The molecule has 0 unspecified atom stereocenters. The van der Waals surface area contributed by atoms with Crippen molar-refractivity contribution in [3.63, 3.8) is 0 Å². The third-order valence-corrected chi connectivity index (χ3v) is 7.21. The van der Waals surface area contributed by atoms with Crippen molar-refractivity contribution < 1.29 is 33.3 Å². The summed E-state index contributed by atoms with van der Waals surface area (Å²) in [7, 11) is 0. The molecule has 0 bridgehead atoms. The van der Waals surface area contributed by atoms with Crippen molar-refractivity contribution in [1.82, 2.24) is 9.55 Å². The van der Waals surface area contributed by atoms with Gasteiger partial charge >= 0.3 is 184 Å². The minimum absolute atomic E-state index is 0.269. The Labute approximate surface area is 183 Å². The number of hydrogen-bond donors (Lipinski definition) is 1. The molecule has 14 heteroatoms. The number of H-pyrrole nitrogens is 1. The summed E-state index contributed by atoms with van der Waals surface area (Å²) in [5.74, 6) is -1.98. The number of fused-ring (bicyclic) bond motifs is 1. The number of aromatic nitrogens is 2. The topological polar surface area (TPSA) is 143 Å². The van der Waals surface area contributed by atoms with Crippen molar-refractivity contribution in [2.24, 2.45) is 0 Å². The molecule has 0 aromatic carbocycles. The third kappa shape index (κ3) is 4.62. The number of esters is 3. The van der Waals surface area contributed by atoms with Crippen molar-refractivity contribution in [1.29, 1.82) is 0 Å². The Morgan fingerprint density at radius 2 is 1.70 bits per heavy atom. The van der Waals surface area contributed by atoms with Gasteiger partial charge in [-0.2, -0.15) is 0 Å². The van der Waals surface area contributed by atoms with Gasteiger partial charge in [-0.15, -0.1) is 0 Å². The van der Waals surface area contributed by atoms with Gasteiger partial charge in [-0.25, -0.2) is 0 Å². The molecule has 0 saturated carbocycles. The van der Waals surface area contributed by atoms with E-state index in [9.17, 15) is 24.0 Å². The molecule has 11 nitrogen and oxygen atoms in total. The van der Waals surface area contributed by atoms with E-state index < -0.39 is 53.7 Å². The zero-order chi connectivity index (χ0) is 22.2. The van der Waals surface area contributed by atoms with Gasteiger partial charge in [0.1, 0.15) is 0 Å². The molecule has 0 aliphatic carbocycles. The average molecular weight is 523 g/mol. The molecule has 4 atom stereocenters. The van der Waals surface area contributed by atoms with Gasteiger partial charge in [-0.1, -0.05) is 0 Å². The Morgan fingerprint density at radius 3 is 2.30 bits per heavy atom. The number of carbonyl (C=O) groups excluding carboxylic acids is 3. The molecule has 3 heterocycles. The summed E-state index contributed by atoms with van der Waals surface area (Å²) in [4.78, 5) is 62.0. The van der Waals surface area contributed by atoms with Crippen molar-refractivity contribution in [2.45, 2.75) is 45.3 Å². The van der Waals surface area contributed by atoms with E-state index in [2.05, 4.69) is 20.6 Å². The number of ether oxygens (including phenoxy) is 4. The van der Waals surface area contributed by atoms with Crippen LogP contribution < -0.4 is 11.2 Å². The second kappa shape index (κ2) is 8.94. The quantitative estimate of drug-likeness (QED) is 0.321. The van der Waals surface area contributed by atoms with Crippen LogP contribution in [0.2, 0.25) is 0 Å². The zero-order valence-electron chi connectivity index (χ0n) is 15.9. The van der Waals surface area contributed by atoms with Gasteiger partial charge in [0.25, 0.3) is 0 Å². The monoisotopic (exact) mass is 524 g/mol. The molecule has 2 aromatic heterocycles. The maximum absolute atomic E-state index is 12.7. The van der Waals surface area contributed by atoms with Crippen molar-refractivity contribution >= 4 is 65.7 Å². The molecule has 1 saturated heterocycles. The van der Waals surface area contributed by atoms with Crippen LogP contribution in [0.3, 0.4) is 0 Å². The van der Waals surface area contributed by atoms with Gasteiger partial charge in [0, 0.05) is 0 Å². The Balaban J connectivity index is 2.15. The van der Waals surface area contributed by atoms with E-state index in [0.29, 0.717) is 7.52 Å². The first-order chi connectivity index (χ1) is 14.1. The predicted molar refractivity (Wildman–Crippen MR) is 105 cm³/mol. The first-order valence-corrected chi connectivity index (χ1v) is 11.0. The molecule has 0 spiro atoms. The minimum atomic E-state index is -1.24. The number of rotatable bonds is 5. The summed E-state index contributed by atoms with van der Waals surface area (Å²) in [5.41, 5.74) is -1.36. The molecule has 1 aliphatic heterocycles. The Morgan fingerprint density at radius 1 is 1.07 bits per heavy atom. The third-order valence-electron chi connectivity index (χ3n) is 4.02. The summed E-state index contributed by atoms with van der Waals surface area (Å²) in [5, 5.41) is 0. The summed E-state index contributed by atoms with van der Waals surface area (Å²) < 4.78 is 23.6. The molecule has 0 radical (unpaired) electrons. The first kappa shape index (κ1) is 22.6. The van der Waals surface area contributed by atoms with Crippen LogP contribution in [0, 0.1) is 2.69 Å². The van der Waals surface area contributed by atoms with Crippen LogP contribution in [0.25, 0.3) is 9.53 Å². The molecule has 162 valence electrons. The van der Waals surface area contributed by atoms with Crippen LogP contribution in [0.15, 0.2) is 9.59 Å². The normalized spacial score (nSPS) is 23.3. The second-order valence-electron chi connectivity index (χ2n) is 6.23. The number of nitrogens with zero attached hydrogens (tertiary/aromatic N) is 1. The van der Waals surface area contributed by atoms with E-state index in [-0.39, 0.29) is 11.3 Å². The van der Waals surface area contributed by atoms with E-state index >= 15 is 0 Å². The van der Waals surface area contributed by atoms with Gasteiger partial charge in [-0.05, 0) is 0 Å². The molecule has 3 rings (SSSR count). The molecule has 30 heavy (non-hydrogen) atoms. The van der Waals surface area contributed by atoms with E-state index in [1.54, 1.807) is 0 Å². The number of carbonyl (C=O) groups is 3. The Kier molecular flexibility index (Phi) is 6.72. The average Bonchev–Trinajstić information content (AvgIpc) is 3.15. The van der Waals surface area contributed by atoms with Crippen molar-refractivity contribution in [3.05, 3.63) is 23.5 Å². The number of hydrogen-bond acceptors (Lipinski definition) is 11. The molecule has 1 fully saturated rings. The van der Waals surface area contributed by atoms with Crippen LogP contribution in [0.1, 0.15) is 27.0 Å². The van der Waals surface area contributed by atoms with Crippen LogP contribution in [0.4, 0.5) is 0 Å². The van der Waals surface area contributed by atoms with Gasteiger partial charge in [0.05, 0.1) is 0 Å². The standard InChI is InChI=1S/C16H16N2O9S2Se/c1-5(19)24-4-8-9(25-6(2)20)10(26-7(3)21)13(27-8)18-14-11(28-16(30)29-14)12(22)17-15(18)23/h8-10,13H,4H2,1-3H3,(H,17,22,23)/t8-,9-,10-,13-/m1/s1. The number of aromatic amines is 1. The predicted octanol–water partition coefficient (Wildman–Crippen LogP) is -0.163. The van der Waals surface area contributed by atoms with Crippen LogP contribution >= 0.6 is 22.7 Å². The maximum atomic E-state index is 12.7. The zero-order valence-corrected chi connectivity index (χ0v) is 19.2. The van der Waals surface area contributed by atoms with Crippen LogP contribution in [-0.2, 0) is 33.3 Å². The van der Waals surface area contributed by atoms with Gasteiger partial charge in [0.15, 0.2) is 0 Å². The molecule has 1 aliphatic rings. The van der Waals surface area contributed by atoms with Gasteiger partial charge < -0.3 is 0 Å². The summed E-state index contributed by atoms with van der Waals surface area (Å²) in [6.07, 6.45) is -4.63. The van der Waals surface area contributed by atoms with E-state index in [0.717, 1.165) is 41.1 Å². The summed E-state index contributed by atoms with van der Waals surface area (Å²) >= 11 is 5.08. The Hall–Kier alpha value is -2.12. The molecular weight excluding hydrogens is 507 g/mol. The molecule has 2 aromatic rings. The second-order valence-corrected chi connectivity index (χ2v) is 10.5.